The Balaban J connectivity index is 2.38. The van der Waals surface area contributed by atoms with Crippen molar-refractivity contribution < 1.29 is 19.7 Å². The van der Waals surface area contributed by atoms with Crippen LogP contribution in [0.3, 0.4) is 0 Å². The van der Waals surface area contributed by atoms with Crippen molar-refractivity contribution >= 4 is 11.0 Å². The SMILES string of the molecule is O=c1c(-c2ccccc2)coc2cccc(C(O)(O)O)c12. The minimum absolute atomic E-state index is 0.0636. The van der Waals surface area contributed by atoms with Crippen molar-refractivity contribution in [2.45, 2.75) is 5.97 Å². The minimum atomic E-state index is -3.11. The summed E-state index contributed by atoms with van der Waals surface area (Å²) in [4.78, 5) is 12.6. The summed E-state index contributed by atoms with van der Waals surface area (Å²) in [6.07, 6.45) is 1.32. The van der Waals surface area contributed by atoms with Crippen LogP contribution in [0.4, 0.5) is 0 Å². The van der Waals surface area contributed by atoms with Crippen molar-refractivity contribution in [1.82, 2.24) is 0 Å². The highest BCUT2D eigenvalue weighted by Crippen LogP contribution is 2.26. The molecule has 0 aliphatic rings. The lowest BCUT2D eigenvalue weighted by Gasteiger charge is -2.16. The second-order valence-electron chi connectivity index (χ2n) is 4.66. The first-order valence-electron chi connectivity index (χ1n) is 6.26. The van der Waals surface area contributed by atoms with E-state index in [1.54, 1.807) is 24.3 Å². The Kier molecular flexibility index (Phi) is 3.10. The molecule has 0 aliphatic heterocycles. The Morgan fingerprint density at radius 2 is 1.62 bits per heavy atom. The van der Waals surface area contributed by atoms with Gasteiger partial charge in [-0.25, -0.2) is 0 Å². The van der Waals surface area contributed by atoms with Crippen molar-refractivity contribution in [1.29, 1.82) is 0 Å². The molecule has 3 aromatic rings. The highest BCUT2D eigenvalue weighted by atomic mass is 16.7. The third-order valence-corrected chi connectivity index (χ3v) is 3.25. The molecule has 0 fully saturated rings. The fourth-order valence-corrected chi connectivity index (χ4v) is 2.27. The van der Waals surface area contributed by atoms with Crippen LogP contribution in [0.15, 0.2) is 64.0 Å². The third-order valence-electron chi connectivity index (χ3n) is 3.25. The molecule has 3 rings (SSSR count). The lowest BCUT2D eigenvalue weighted by atomic mass is 10.0. The van der Waals surface area contributed by atoms with Crippen molar-refractivity contribution in [2.24, 2.45) is 0 Å². The summed E-state index contributed by atoms with van der Waals surface area (Å²) in [6, 6.07) is 13.1. The standard InChI is InChI=1S/C16H12O5/c17-15-11(10-5-2-1-3-6-10)9-21-13-8-4-7-12(14(13)15)16(18,19)20/h1-9,18-20H. The second-order valence-corrected chi connectivity index (χ2v) is 4.66. The van der Waals surface area contributed by atoms with Gasteiger partial charge in [-0.1, -0.05) is 36.4 Å². The van der Waals surface area contributed by atoms with Crippen molar-refractivity contribution in [2.75, 3.05) is 0 Å². The van der Waals surface area contributed by atoms with E-state index in [2.05, 4.69) is 0 Å². The zero-order chi connectivity index (χ0) is 15.0. The van der Waals surface area contributed by atoms with Gasteiger partial charge in [-0.3, -0.25) is 4.79 Å². The maximum atomic E-state index is 12.6. The van der Waals surface area contributed by atoms with E-state index < -0.39 is 11.4 Å². The van der Waals surface area contributed by atoms with Gasteiger partial charge in [-0.2, -0.15) is 0 Å². The molecule has 2 aromatic carbocycles. The van der Waals surface area contributed by atoms with Crippen LogP contribution in [0, 0.1) is 0 Å². The predicted molar refractivity (Wildman–Crippen MR) is 76.3 cm³/mol. The normalized spacial score (nSPS) is 11.8. The second kappa shape index (κ2) is 4.82. The van der Waals surface area contributed by atoms with Gasteiger partial charge in [0.2, 0.25) is 5.43 Å². The van der Waals surface area contributed by atoms with E-state index in [0.29, 0.717) is 5.56 Å². The van der Waals surface area contributed by atoms with Crippen LogP contribution in [0.1, 0.15) is 5.56 Å². The fourth-order valence-electron chi connectivity index (χ4n) is 2.27. The van der Waals surface area contributed by atoms with Gasteiger partial charge in [-0.15, -0.1) is 0 Å². The van der Waals surface area contributed by atoms with E-state index in [-0.39, 0.29) is 22.1 Å². The molecule has 5 nitrogen and oxygen atoms in total. The molecule has 0 atom stereocenters. The molecule has 0 unspecified atom stereocenters. The number of rotatable bonds is 2. The van der Waals surface area contributed by atoms with Gasteiger partial charge in [0, 0.05) is 0 Å². The summed E-state index contributed by atoms with van der Waals surface area (Å²) < 4.78 is 5.38. The molecule has 1 aromatic heterocycles. The summed E-state index contributed by atoms with van der Waals surface area (Å²) in [7, 11) is 0. The van der Waals surface area contributed by atoms with E-state index in [1.165, 1.54) is 24.5 Å². The number of hydrogen-bond donors (Lipinski definition) is 3. The third kappa shape index (κ3) is 2.34. The molecule has 0 saturated carbocycles. The average molecular weight is 284 g/mol. The first-order valence-corrected chi connectivity index (χ1v) is 6.26. The molecule has 21 heavy (non-hydrogen) atoms. The molecule has 0 spiro atoms. The summed E-state index contributed by atoms with van der Waals surface area (Å²) in [5.74, 6) is -3.11. The summed E-state index contributed by atoms with van der Waals surface area (Å²) in [5, 5.41) is 28.1. The first kappa shape index (κ1) is 13.5. The summed E-state index contributed by atoms with van der Waals surface area (Å²) in [5.41, 5.74) is 0.326. The molecular formula is C16H12O5. The Hall–Kier alpha value is -2.47. The molecule has 0 saturated heterocycles. The molecule has 106 valence electrons. The van der Waals surface area contributed by atoms with Crippen LogP contribution < -0.4 is 5.43 Å². The van der Waals surface area contributed by atoms with E-state index in [1.807, 2.05) is 6.07 Å². The predicted octanol–water partition coefficient (Wildman–Crippen LogP) is 1.55. The maximum absolute atomic E-state index is 12.6. The van der Waals surface area contributed by atoms with Crippen LogP contribution in [-0.4, -0.2) is 15.3 Å². The van der Waals surface area contributed by atoms with E-state index in [9.17, 15) is 20.1 Å². The highest BCUT2D eigenvalue weighted by Gasteiger charge is 2.27. The number of benzene rings is 2. The van der Waals surface area contributed by atoms with Gasteiger partial charge in [-0.05, 0) is 17.7 Å². The van der Waals surface area contributed by atoms with Crippen molar-refractivity contribution in [3.8, 4) is 11.1 Å². The van der Waals surface area contributed by atoms with Gasteiger partial charge >= 0.3 is 5.97 Å². The van der Waals surface area contributed by atoms with Crippen LogP contribution in [0.2, 0.25) is 0 Å². The maximum Gasteiger partial charge on any atom is 0.305 e. The van der Waals surface area contributed by atoms with Crippen LogP contribution in [-0.2, 0) is 5.97 Å². The number of aliphatic hydroxyl groups is 3. The smallest absolute Gasteiger partial charge is 0.305 e. The van der Waals surface area contributed by atoms with E-state index in [0.717, 1.165) is 0 Å². The van der Waals surface area contributed by atoms with Gasteiger partial charge in [0.25, 0.3) is 0 Å². The van der Waals surface area contributed by atoms with Crippen molar-refractivity contribution in [3.05, 3.63) is 70.6 Å². The molecule has 1 heterocycles. The van der Waals surface area contributed by atoms with Crippen LogP contribution in [0.25, 0.3) is 22.1 Å². The van der Waals surface area contributed by atoms with Gasteiger partial charge in [0.15, 0.2) is 0 Å². The molecule has 3 N–H and O–H groups in total. The lowest BCUT2D eigenvalue weighted by molar-refractivity contribution is -0.322. The Morgan fingerprint density at radius 3 is 2.29 bits per heavy atom. The minimum Gasteiger partial charge on any atom is -0.463 e. The van der Waals surface area contributed by atoms with Gasteiger partial charge in [0.05, 0.1) is 16.5 Å². The van der Waals surface area contributed by atoms with E-state index >= 15 is 0 Å². The first-order chi connectivity index (χ1) is 9.98. The molecule has 0 bridgehead atoms. The van der Waals surface area contributed by atoms with Gasteiger partial charge in [0.1, 0.15) is 11.8 Å². The zero-order valence-electron chi connectivity index (χ0n) is 10.9. The highest BCUT2D eigenvalue weighted by molar-refractivity contribution is 5.84. The summed E-state index contributed by atoms with van der Waals surface area (Å²) >= 11 is 0. The quantitative estimate of drug-likeness (QED) is 0.621. The van der Waals surface area contributed by atoms with Gasteiger partial charge < -0.3 is 19.7 Å². The topological polar surface area (TPSA) is 90.9 Å². The average Bonchev–Trinajstić information content (AvgIpc) is 2.47. The number of fused-ring (bicyclic) bond motifs is 1. The van der Waals surface area contributed by atoms with Crippen LogP contribution in [0.5, 0.6) is 0 Å². The molecule has 0 aliphatic carbocycles. The Bertz CT molecular complexity index is 844. The lowest BCUT2D eigenvalue weighted by Crippen LogP contribution is -2.26. The monoisotopic (exact) mass is 284 g/mol. The summed E-state index contributed by atoms with van der Waals surface area (Å²) in [6.45, 7) is 0. The zero-order valence-corrected chi connectivity index (χ0v) is 10.9. The fraction of sp³-hybridized carbons (Fsp3) is 0.0625. The molecule has 5 heteroatoms. The molecule has 0 amide bonds. The van der Waals surface area contributed by atoms with Crippen LogP contribution >= 0.6 is 0 Å². The Morgan fingerprint density at radius 1 is 0.905 bits per heavy atom. The van der Waals surface area contributed by atoms with E-state index in [4.69, 9.17) is 4.42 Å². The Labute approximate surface area is 119 Å². The number of hydrogen-bond acceptors (Lipinski definition) is 5. The largest absolute Gasteiger partial charge is 0.463 e. The van der Waals surface area contributed by atoms with Crippen molar-refractivity contribution in [3.63, 3.8) is 0 Å². The molecular weight excluding hydrogens is 272 g/mol. The molecule has 0 radical (unpaired) electrons.